The maximum absolute atomic E-state index is 3.50. The maximum atomic E-state index is 3.50. The summed E-state index contributed by atoms with van der Waals surface area (Å²) in [5.41, 5.74) is 5.73. The number of nitrogens with one attached hydrogen (secondary N) is 1. The third-order valence-electron chi connectivity index (χ3n) is 3.04. The van der Waals surface area contributed by atoms with E-state index in [9.17, 15) is 0 Å². The third kappa shape index (κ3) is 1.32. The van der Waals surface area contributed by atoms with Gasteiger partial charge in [0.1, 0.15) is 0 Å². The van der Waals surface area contributed by atoms with Gasteiger partial charge in [0.2, 0.25) is 0 Å². The molecule has 13 heavy (non-hydrogen) atoms. The van der Waals surface area contributed by atoms with Crippen molar-refractivity contribution in [2.45, 2.75) is 33.1 Å². The quantitative estimate of drug-likeness (QED) is 0.638. The van der Waals surface area contributed by atoms with Crippen molar-refractivity contribution < 1.29 is 0 Å². The molecule has 1 aliphatic heterocycles. The van der Waals surface area contributed by atoms with E-state index in [1.807, 2.05) is 0 Å². The molecule has 1 N–H and O–H groups in total. The van der Waals surface area contributed by atoms with Gasteiger partial charge >= 0.3 is 0 Å². The number of benzene rings is 1. The highest BCUT2D eigenvalue weighted by atomic mass is 14.9. The molecule has 0 saturated carbocycles. The Hall–Kier alpha value is -0.980. The Morgan fingerprint density at radius 2 is 1.92 bits per heavy atom. The van der Waals surface area contributed by atoms with E-state index in [1.54, 1.807) is 0 Å². The summed E-state index contributed by atoms with van der Waals surface area (Å²) in [5.74, 6) is 0.719. The predicted molar refractivity (Wildman–Crippen MR) is 57.4 cm³/mol. The van der Waals surface area contributed by atoms with Crippen LogP contribution in [-0.2, 0) is 0 Å². The first kappa shape index (κ1) is 8.61. The molecule has 70 valence electrons. The molecule has 2 rings (SSSR count). The summed E-state index contributed by atoms with van der Waals surface area (Å²) in [7, 11) is 0. The van der Waals surface area contributed by atoms with Gasteiger partial charge in [-0.2, -0.15) is 0 Å². The standard InChI is InChI=1S/C12H17N/c1-8-4-5-10(3)12-11(8)9(2)6-7-13-12/h4-5,9,13H,6-7H2,1-3H3/t9-/m1/s1. The molecule has 1 heterocycles. The van der Waals surface area contributed by atoms with Gasteiger partial charge in [0.15, 0.2) is 0 Å². The van der Waals surface area contributed by atoms with Gasteiger partial charge in [0.05, 0.1) is 0 Å². The number of fused-ring (bicyclic) bond motifs is 1. The summed E-state index contributed by atoms with van der Waals surface area (Å²) in [5, 5.41) is 3.50. The Bertz CT molecular complexity index is 328. The SMILES string of the molecule is Cc1ccc(C)c2c1NCC[C@H]2C. The highest BCUT2D eigenvalue weighted by Gasteiger charge is 2.18. The maximum Gasteiger partial charge on any atom is 0.0407 e. The van der Waals surface area contributed by atoms with Gasteiger partial charge in [-0.1, -0.05) is 19.1 Å². The molecule has 0 aromatic heterocycles. The highest BCUT2D eigenvalue weighted by Crippen LogP contribution is 2.35. The average molecular weight is 175 g/mol. The van der Waals surface area contributed by atoms with E-state index in [1.165, 1.54) is 28.8 Å². The molecular formula is C12H17N. The molecule has 0 unspecified atom stereocenters. The van der Waals surface area contributed by atoms with Gasteiger partial charge in [0.25, 0.3) is 0 Å². The summed E-state index contributed by atoms with van der Waals surface area (Å²) >= 11 is 0. The fourth-order valence-corrected chi connectivity index (χ4v) is 2.26. The van der Waals surface area contributed by atoms with Gasteiger partial charge in [-0.25, -0.2) is 0 Å². The van der Waals surface area contributed by atoms with Crippen molar-refractivity contribution in [3.05, 3.63) is 28.8 Å². The molecule has 0 bridgehead atoms. The number of hydrogen-bond acceptors (Lipinski definition) is 1. The molecule has 1 aromatic carbocycles. The molecule has 0 aliphatic carbocycles. The summed E-state index contributed by atoms with van der Waals surface area (Å²) in [4.78, 5) is 0. The van der Waals surface area contributed by atoms with Gasteiger partial charge in [0, 0.05) is 12.2 Å². The molecule has 0 fully saturated rings. The predicted octanol–water partition coefficient (Wildman–Crippen LogP) is 3.22. The van der Waals surface area contributed by atoms with Gasteiger partial charge in [-0.15, -0.1) is 0 Å². The number of hydrogen-bond donors (Lipinski definition) is 1. The molecule has 1 nitrogen and oxygen atoms in total. The van der Waals surface area contributed by atoms with Gasteiger partial charge in [-0.05, 0) is 42.9 Å². The summed E-state index contributed by atoms with van der Waals surface area (Å²) < 4.78 is 0. The van der Waals surface area contributed by atoms with Crippen LogP contribution >= 0.6 is 0 Å². The fourth-order valence-electron chi connectivity index (χ4n) is 2.26. The molecule has 0 radical (unpaired) electrons. The van der Waals surface area contributed by atoms with Crippen LogP contribution in [0.25, 0.3) is 0 Å². The first-order valence-corrected chi connectivity index (χ1v) is 5.04. The van der Waals surface area contributed by atoms with Crippen molar-refractivity contribution >= 4 is 5.69 Å². The second kappa shape index (κ2) is 3.06. The van der Waals surface area contributed by atoms with E-state index in [-0.39, 0.29) is 0 Å². The Kier molecular flexibility index (Phi) is 2.03. The number of aryl methyl sites for hydroxylation is 2. The van der Waals surface area contributed by atoms with Crippen molar-refractivity contribution in [2.24, 2.45) is 0 Å². The average Bonchev–Trinajstić information content (AvgIpc) is 2.12. The van der Waals surface area contributed by atoms with Crippen molar-refractivity contribution in [1.82, 2.24) is 0 Å². The molecule has 1 aliphatic rings. The smallest absolute Gasteiger partial charge is 0.0407 e. The van der Waals surface area contributed by atoms with E-state index in [4.69, 9.17) is 0 Å². The minimum Gasteiger partial charge on any atom is -0.385 e. The molecule has 1 heteroatoms. The Morgan fingerprint density at radius 3 is 2.62 bits per heavy atom. The Balaban J connectivity index is 2.60. The Morgan fingerprint density at radius 1 is 1.23 bits per heavy atom. The van der Waals surface area contributed by atoms with Crippen LogP contribution in [-0.4, -0.2) is 6.54 Å². The number of anilines is 1. The normalized spacial score (nSPS) is 20.7. The van der Waals surface area contributed by atoms with E-state index in [0.717, 1.165) is 12.5 Å². The van der Waals surface area contributed by atoms with Crippen molar-refractivity contribution in [2.75, 3.05) is 11.9 Å². The van der Waals surface area contributed by atoms with Crippen LogP contribution in [0.5, 0.6) is 0 Å². The molecule has 1 atom stereocenters. The van der Waals surface area contributed by atoms with Crippen LogP contribution in [0.3, 0.4) is 0 Å². The zero-order valence-electron chi connectivity index (χ0n) is 8.65. The summed E-state index contributed by atoms with van der Waals surface area (Å²) in [6, 6.07) is 4.44. The first-order valence-electron chi connectivity index (χ1n) is 5.04. The lowest BCUT2D eigenvalue weighted by Crippen LogP contribution is -2.17. The molecular weight excluding hydrogens is 158 g/mol. The minimum atomic E-state index is 0.719. The van der Waals surface area contributed by atoms with Crippen molar-refractivity contribution in [1.29, 1.82) is 0 Å². The fraction of sp³-hybridized carbons (Fsp3) is 0.500. The molecule has 0 spiro atoms. The second-order valence-electron chi connectivity index (χ2n) is 4.10. The lowest BCUT2D eigenvalue weighted by atomic mass is 9.87. The van der Waals surface area contributed by atoms with Crippen molar-refractivity contribution in [3.8, 4) is 0 Å². The van der Waals surface area contributed by atoms with E-state index >= 15 is 0 Å². The number of rotatable bonds is 0. The third-order valence-corrected chi connectivity index (χ3v) is 3.04. The highest BCUT2D eigenvalue weighted by molar-refractivity contribution is 5.62. The largest absolute Gasteiger partial charge is 0.385 e. The zero-order valence-corrected chi connectivity index (χ0v) is 8.65. The van der Waals surface area contributed by atoms with Crippen LogP contribution in [0.4, 0.5) is 5.69 Å². The lowest BCUT2D eigenvalue weighted by Gasteiger charge is -2.27. The van der Waals surface area contributed by atoms with Gasteiger partial charge < -0.3 is 5.32 Å². The summed E-state index contributed by atoms with van der Waals surface area (Å²) in [6.07, 6.45) is 1.26. The van der Waals surface area contributed by atoms with E-state index in [0.29, 0.717) is 0 Å². The monoisotopic (exact) mass is 175 g/mol. The first-order chi connectivity index (χ1) is 6.20. The minimum absolute atomic E-state index is 0.719. The molecule has 0 saturated heterocycles. The van der Waals surface area contributed by atoms with Crippen LogP contribution in [0.15, 0.2) is 12.1 Å². The lowest BCUT2D eigenvalue weighted by molar-refractivity contribution is 0.678. The summed E-state index contributed by atoms with van der Waals surface area (Å²) in [6.45, 7) is 7.84. The van der Waals surface area contributed by atoms with Crippen LogP contribution in [0.2, 0.25) is 0 Å². The second-order valence-corrected chi connectivity index (χ2v) is 4.10. The van der Waals surface area contributed by atoms with E-state index in [2.05, 4.69) is 38.2 Å². The van der Waals surface area contributed by atoms with Crippen LogP contribution in [0.1, 0.15) is 36.0 Å². The topological polar surface area (TPSA) is 12.0 Å². The molecule has 1 aromatic rings. The van der Waals surface area contributed by atoms with E-state index < -0.39 is 0 Å². The van der Waals surface area contributed by atoms with Gasteiger partial charge in [-0.3, -0.25) is 0 Å². The van der Waals surface area contributed by atoms with Crippen molar-refractivity contribution in [3.63, 3.8) is 0 Å². The Labute approximate surface area is 80.2 Å². The van der Waals surface area contributed by atoms with Crippen LogP contribution in [0, 0.1) is 13.8 Å². The zero-order chi connectivity index (χ0) is 9.42. The molecule has 0 amide bonds. The van der Waals surface area contributed by atoms with Crippen LogP contribution < -0.4 is 5.32 Å².